The molecular weight excluding hydrogens is 504 g/mol. The Morgan fingerprint density at radius 2 is 0.707 bits per heavy atom. The summed E-state index contributed by atoms with van der Waals surface area (Å²) in [7, 11) is 0. The lowest BCUT2D eigenvalue weighted by Crippen LogP contribution is -2.16. The summed E-state index contributed by atoms with van der Waals surface area (Å²) in [4.78, 5) is 12.0. The van der Waals surface area contributed by atoms with E-state index in [2.05, 4.69) is 13.8 Å². The summed E-state index contributed by atoms with van der Waals surface area (Å²) >= 11 is 0. The maximum Gasteiger partial charge on any atom is 0.308 e. The molecule has 41 heavy (non-hydrogen) atoms. The number of rotatable bonds is 35. The van der Waals surface area contributed by atoms with Crippen molar-refractivity contribution in [3.05, 3.63) is 0 Å². The zero-order valence-electron chi connectivity index (χ0n) is 28.4. The molecule has 1 N–H and O–H groups in total. The standard InChI is InChI=1S/C38H76O3/c1-3-5-7-9-11-13-15-17-19-21-23-25-27-29-31-33-35-41-38(40)36-37(39)34-32-30-28-26-24-22-20-18-16-14-12-10-8-6-4-2/h37,39H,3-36H2,1-2H3. The van der Waals surface area contributed by atoms with E-state index in [0.717, 1.165) is 25.7 Å². The minimum absolute atomic E-state index is 0.164. The van der Waals surface area contributed by atoms with Crippen LogP contribution in [0.1, 0.15) is 226 Å². The largest absolute Gasteiger partial charge is 0.466 e. The molecule has 3 nitrogen and oxygen atoms in total. The average Bonchev–Trinajstić information content (AvgIpc) is 2.96. The number of carbonyl (C=O) groups excluding carboxylic acids is 1. The number of carbonyl (C=O) groups is 1. The van der Waals surface area contributed by atoms with E-state index < -0.39 is 6.10 Å². The van der Waals surface area contributed by atoms with Gasteiger partial charge in [-0.2, -0.15) is 0 Å². The van der Waals surface area contributed by atoms with Gasteiger partial charge in [-0.3, -0.25) is 4.79 Å². The van der Waals surface area contributed by atoms with Crippen LogP contribution in [0.4, 0.5) is 0 Å². The Kier molecular flexibility index (Phi) is 35.1. The molecule has 0 bridgehead atoms. The second-order valence-electron chi connectivity index (χ2n) is 13.1. The van der Waals surface area contributed by atoms with E-state index in [1.54, 1.807) is 0 Å². The predicted molar refractivity (Wildman–Crippen MR) is 181 cm³/mol. The Labute approximate surface area is 258 Å². The lowest BCUT2D eigenvalue weighted by atomic mass is 10.0. The van der Waals surface area contributed by atoms with Crippen molar-refractivity contribution in [2.24, 2.45) is 0 Å². The van der Waals surface area contributed by atoms with Gasteiger partial charge in [-0.15, -0.1) is 0 Å². The van der Waals surface area contributed by atoms with Crippen LogP contribution in [0.5, 0.6) is 0 Å². The van der Waals surface area contributed by atoms with Crippen molar-refractivity contribution >= 4 is 5.97 Å². The third-order valence-corrected chi connectivity index (χ3v) is 8.80. The number of aliphatic hydroxyl groups excluding tert-OH is 1. The van der Waals surface area contributed by atoms with Gasteiger partial charge in [0.05, 0.1) is 19.1 Å². The van der Waals surface area contributed by atoms with Crippen LogP contribution in [0, 0.1) is 0 Å². The van der Waals surface area contributed by atoms with Gasteiger partial charge in [0.25, 0.3) is 0 Å². The number of hydrogen-bond donors (Lipinski definition) is 1. The Hall–Kier alpha value is -0.570. The fraction of sp³-hybridized carbons (Fsp3) is 0.974. The average molecular weight is 581 g/mol. The van der Waals surface area contributed by atoms with Crippen LogP contribution in [0.15, 0.2) is 0 Å². The molecule has 0 radical (unpaired) electrons. The molecule has 3 heteroatoms. The zero-order valence-corrected chi connectivity index (χ0v) is 28.4. The lowest BCUT2D eigenvalue weighted by molar-refractivity contribution is -0.146. The molecule has 0 rings (SSSR count). The fourth-order valence-electron chi connectivity index (χ4n) is 5.94. The molecule has 0 spiro atoms. The fourth-order valence-corrected chi connectivity index (χ4v) is 5.94. The van der Waals surface area contributed by atoms with Crippen molar-refractivity contribution in [1.82, 2.24) is 0 Å². The Bertz CT molecular complexity index is 492. The van der Waals surface area contributed by atoms with Gasteiger partial charge in [0, 0.05) is 0 Å². The molecule has 0 saturated carbocycles. The van der Waals surface area contributed by atoms with Crippen molar-refractivity contribution in [3.8, 4) is 0 Å². The van der Waals surface area contributed by atoms with Crippen LogP contribution < -0.4 is 0 Å². The molecule has 0 amide bonds. The minimum Gasteiger partial charge on any atom is -0.466 e. The highest BCUT2D eigenvalue weighted by atomic mass is 16.5. The molecule has 0 aromatic heterocycles. The van der Waals surface area contributed by atoms with Gasteiger partial charge in [-0.1, -0.05) is 206 Å². The predicted octanol–water partition coefficient (Wildman–Crippen LogP) is 12.8. The van der Waals surface area contributed by atoms with Gasteiger partial charge in [-0.25, -0.2) is 0 Å². The first-order valence-electron chi connectivity index (χ1n) is 19.0. The maximum atomic E-state index is 12.0. The molecule has 1 unspecified atom stereocenters. The van der Waals surface area contributed by atoms with E-state index >= 15 is 0 Å². The smallest absolute Gasteiger partial charge is 0.308 e. The number of hydrogen-bond acceptors (Lipinski definition) is 3. The maximum absolute atomic E-state index is 12.0. The number of unbranched alkanes of at least 4 members (excludes halogenated alkanes) is 29. The highest BCUT2D eigenvalue weighted by Gasteiger charge is 2.11. The summed E-state index contributed by atoms with van der Waals surface area (Å²) in [6.07, 6.45) is 42.1. The first-order valence-corrected chi connectivity index (χ1v) is 19.0. The quantitative estimate of drug-likeness (QED) is 0.0599. The Morgan fingerprint density at radius 1 is 0.439 bits per heavy atom. The summed E-state index contributed by atoms with van der Waals surface area (Å²) in [5, 5.41) is 10.2. The third kappa shape index (κ3) is 35.5. The molecule has 0 aliphatic carbocycles. The van der Waals surface area contributed by atoms with Gasteiger partial charge < -0.3 is 9.84 Å². The van der Waals surface area contributed by atoms with Crippen LogP contribution in [0.25, 0.3) is 0 Å². The molecule has 0 aliphatic rings. The van der Waals surface area contributed by atoms with E-state index in [9.17, 15) is 9.90 Å². The topological polar surface area (TPSA) is 46.5 Å². The van der Waals surface area contributed by atoms with E-state index in [0.29, 0.717) is 6.61 Å². The Morgan fingerprint density at radius 3 is 1.02 bits per heavy atom. The number of ether oxygens (including phenoxy) is 1. The van der Waals surface area contributed by atoms with Gasteiger partial charge in [0.1, 0.15) is 0 Å². The monoisotopic (exact) mass is 581 g/mol. The van der Waals surface area contributed by atoms with Crippen LogP contribution in [0.2, 0.25) is 0 Å². The first-order chi connectivity index (χ1) is 20.2. The number of esters is 1. The second kappa shape index (κ2) is 35.6. The van der Waals surface area contributed by atoms with Crippen molar-refractivity contribution in [3.63, 3.8) is 0 Å². The van der Waals surface area contributed by atoms with Crippen LogP contribution in [-0.4, -0.2) is 23.8 Å². The highest BCUT2D eigenvalue weighted by molar-refractivity contribution is 5.69. The highest BCUT2D eigenvalue weighted by Crippen LogP contribution is 2.16. The SMILES string of the molecule is CCCCCCCCCCCCCCCCCCOC(=O)CC(O)CCCCCCCCCCCCCCCCC. The van der Waals surface area contributed by atoms with Crippen molar-refractivity contribution < 1.29 is 14.6 Å². The van der Waals surface area contributed by atoms with Gasteiger partial charge in [-0.05, 0) is 12.8 Å². The summed E-state index contributed by atoms with van der Waals surface area (Å²) < 4.78 is 5.36. The molecule has 0 saturated heterocycles. The van der Waals surface area contributed by atoms with Crippen molar-refractivity contribution in [2.45, 2.75) is 232 Å². The zero-order chi connectivity index (χ0) is 29.9. The van der Waals surface area contributed by atoms with Gasteiger partial charge in [0.15, 0.2) is 0 Å². The molecule has 0 heterocycles. The summed E-state index contributed by atoms with van der Waals surface area (Å²) in [5.41, 5.74) is 0. The minimum atomic E-state index is -0.532. The first kappa shape index (κ1) is 40.4. The normalized spacial score (nSPS) is 12.2. The summed E-state index contributed by atoms with van der Waals surface area (Å²) in [6, 6.07) is 0. The summed E-state index contributed by atoms with van der Waals surface area (Å²) in [6.45, 7) is 5.08. The third-order valence-electron chi connectivity index (χ3n) is 8.80. The van der Waals surface area contributed by atoms with E-state index in [1.807, 2.05) is 0 Å². The van der Waals surface area contributed by atoms with Crippen LogP contribution >= 0.6 is 0 Å². The van der Waals surface area contributed by atoms with Crippen LogP contribution in [0.3, 0.4) is 0 Å². The summed E-state index contributed by atoms with van der Waals surface area (Å²) in [5.74, 6) is -0.223. The number of aliphatic hydroxyl groups is 1. The Balaban J connectivity index is 3.26. The molecule has 246 valence electrons. The van der Waals surface area contributed by atoms with Gasteiger partial charge >= 0.3 is 5.97 Å². The molecular formula is C38H76O3. The van der Waals surface area contributed by atoms with E-state index in [1.165, 1.54) is 180 Å². The molecule has 0 aliphatic heterocycles. The van der Waals surface area contributed by atoms with E-state index in [-0.39, 0.29) is 12.4 Å². The van der Waals surface area contributed by atoms with Crippen molar-refractivity contribution in [2.75, 3.05) is 6.61 Å². The molecule has 0 aromatic rings. The van der Waals surface area contributed by atoms with Crippen molar-refractivity contribution in [1.29, 1.82) is 0 Å². The molecule has 0 aromatic carbocycles. The molecule has 1 atom stereocenters. The van der Waals surface area contributed by atoms with Crippen LogP contribution in [-0.2, 0) is 9.53 Å². The van der Waals surface area contributed by atoms with Gasteiger partial charge in [0.2, 0.25) is 0 Å². The molecule has 0 fully saturated rings. The lowest BCUT2D eigenvalue weighted by Gasteiger charge is -2.10. The second-order valence-corrected chi connectivity index (χ2v) is 13.1. The van der Waals surface area contributed by atoms with E-state index in [4.69, 9.17) is 4.74 Å².